The summed E-state index contributed by atoms with van der Waals surface area (Å²) in [7, 11) is 1.69. The number of benzene rings is 2. The van der Waals surface area contributed by atoms with Crippen LogP contribution in [-0.4, -0.2) is 71.8 Å². The van der Waals surface area contributed by atoms with Gasteiger partial charge in [0, 0.05) is 24.2 Å². The third-order valence-corrected chi connectivity index (χ3v) is 12.5. The van der Waals surface area contributed by atoms with E-state index in [0.29, 0.717) is 17.6 Å². The molecule has 4 bridgehead atoms. The summed E-state index contributed by atoms with van der Waals surface area (Å²) in [5, 5.41) is 9.83. The highest BCUT2D eigenvalue weighted by Crippen LogP contribution is 2.51. The van der Waals surface area contributed by atoms with Crippen molar-refractivity contribution in [2.24, 2.45) is 23.7 Å². The molecule has 0 amide bonds. The second-order valence-corrected chi connectivity index (χ2v) is 15.0. The van der Waals surface area contributed by atoms with Crippen molar-refractivity contribution in [1.29, 1.82) is 0 Å². The van der Waals surface area contributed by atoms with Crippen LogP contribution in [0.4, 0.5) is 0 Å². The lowest BCUT2D eigenvalue weighted by Gasteiger charge is -2.53. The van der Waals surface area contributed by atoms with E-state index in [9.17, 15) is 14.7 Å². The third kappa shape index (κ3) is 5.01. The van der Waals surface area contributed by atoms with E-state index < -0.39 is 0 Å². The fourth-order valence-corrected chi connectivity index (χ4v) is 8.91. The molecule has 0 aromatic heterocycles. The number of hydrogen-bond donors (Lipinski definition) is 1. The topological polar surface area (TPSA) is 70.1 Å². The van der Waals surface area contributed by atoms with Gasteiger partial charge in [-0.15, -0.1) is 0 Å². The molecule has 0 spiro atoms. The van der Waals surface area contributed by atoms with Crippen molar-refractivity contribution in [3.8, 4) is 11.5 Å². The number of Topliss-reactive ketones (excluding diaryl/α,β-unsaturated/α-hetero) is 2. The first-order valence-electron chi connectivity index (χ1n) is 16.6. The van der Waals surface area contributed by atoms with Crippen molar-refractivity contribution in [1.82, 2.24) is 9.80 Å². The molecular formula is C38H52N2O4. The zero-order valence-electron chi connectivity index (χ0n) is 26.6. The van der Waals surface area contributed by atoms with Gasteiger partial charge < -0.3 is 9.84 Å². The zero-order chi connectivity index (χ0) is 30.3. The van der Waals surface area contributed by atoms with E-state index in [1.807, 2.05) is 24.3 Å². The van der Waals surface area contributed by atoms with Gasteiger partial charge in [0.1, 0.15) is 11.5 Å². The average Bonchev–Trinajstić information content (AvgIpc) is 3.93. The Morgan fingerprint density at radius 1 is 0.773 bits per heavy atom. The number of phenols is 1. The number of carbonyl (C=O) groups excluding carboxylic acids is 2. The Morgan fingerprint density at radius 3 is 1.68 bits per heavy atom. The molecule has 44 heavy (non-hydrogen) atoms. The average molecular weight is 601 g/mol. The predicted molar refractivity (Wildman–Crippen MR) is 175 cm³/mol. The summed E-state index contributed by atoms with van der Waals surface area (Å²) in [6.07, 6.45) is 7.54. The number of piperidine rings is 2. The SMILES string of the molecule is C.CC1[C@H]2C(=O)c3ccc(O)cc3[C@@]1(C)CCN2CC1CC1.COc1ccc2c(c1)[C@@]1(C)CCN(CC3CC3)[C@H](C2=O)C1C. The van der Waals surface area contributed by atoms with Crippen molar-refractivity contribution in [2.75, 3.05) is 33.3 Å². The summed E-state index contributed by atoms with van der Waals surface area (Å²) in [5.41, 5.74) is 4.11. The minimum absolute atomic E-state index is 0. The van der Waals surface area contributed by atoms with Crippen LogP contribution in [0.3, 0.4) is 0 Å². The molecular weight excluding hydrogens is 548 g/mol. The minimum atomic E-state index is 0. The number of carbonyl (C=O) groups is 2. The molecule has 2 saturated heterocycles. The molecule has 1 N–H and O–H groups in total. The molecule has 4 fully saturated rings. The first kappa shape index (κ1) is 31.3. The molecule has 0 radical (unpaired) electrons. The van der Waals surface area contributed by atoms with Gasteiger partial charge >= 0.3 is 0 Å². The highest BCUT2D eigenvalue weighted by molar-refractivity contribution is 6.04. The van der Waals surface area contributed by atoms with Crippen LogP contribution >= 0.6 is 0 Å². The van der Waals surface area contributed by atoms with Crippen LogP contribution in [0.15, 0.2) is 36.4 Å². The summed E-state index contributed by atoms with van der Waals surface area (Å²) in [5.74, 6) is 4.04. The normalized spacial score (nSPS) is 34.2. The third-order valence-electron chi connectivity index (χ3n) is 12.5. The van der Waals surface area contributed by atoms with Crippen molar-refractivity contribution in [3.05, 3.63) is 58.7 Å². The smallest absolute Gasteiger partial charge is 0.180 e. The van der Waals surface area contributed by atoms with E-state index in [1.54, 1.807) is 13.2 Å². The number of fused-ring (bicyclic) bond motifs is 8. The molecule has 2 aromatic carbocycles. The minimum Gasteiger partial charge on any atom is -0.508 e. The Kier molecular flexibility index (Phi) is 8.02. The van der Waals surface area contributed by atoms with Gasteiger partial charge in [0.25, 0.3) is 0 Å². The highest BCUT2D eigenvalue weighted by atomic mass is 16.5. The summed E-state index contributed by atoms with van der Waals surface area (Å²) in [4.78, 5) is 31.0. The maximum Gasteiger partial charge on any atom is 0.180 e. The lowest BCUT2D eigenvalue weighted by atomic mass is 9.58. The first-order chi connectivity index (χ1) is 20.5. The van der Waals surface area contributed by atoms with Crippen LogP contribution < -0.4 is 4.74 Å². The van der Waals surface area contributed by atoms with E-state index >= 15 is 0 Å². The predicted octanol–water partition coefficient (Wildman–Crippen LogP) is 6.87. The number of methoxy groups -OCH3 is 1. The van der Waals surface area contributed by atoms with Crippen molar-refractivity contribution < 1.29 is 19.4 Å². The Labute approximate surface area is 264 Å². The van der Waals surface area contributed by atoms with E-state index in [0.717, 1.165) is 73.3 Å². The van der Waals surface area contributed by atoms with Crippen LogP contribution in [0, 0.1) is 23.7 Å². The molecule has 2 heterocycles. The van der Waals surface area contributed by atoms with Gasteiger partial charge in [-0.05, 0) is 134 Å². The van der Waals surface area contributed by atoms with Crippen LogP contribution in [-0.2, 0) is 10.8 Å². The number of nitrogens with zero attached hydrogens (tertiary/aromatic N) is 2. The fourth-order valence-electron chi connectivity index (χ4n) is 8.91. The van der Waals surface area contributed by atoms with Gasteiger partial charge in [0.05, 0.1) is 19.2 Å². The standard InChI is InChI=1S/C19H25NO2.C18H23NO2.CH4/c1-12-17-18(21)15-7-6-14(22-3)10-16(15)19(12,2)8-9-20(17)11-13-4-5-13;1-11-16-17(21)14-6-5-13(20)9-15(14)18(11,2)7-8-19(16)10-12-3-4-12;/h6-7,10,12-13,17H,4-5,8-9,11H2,1-3H3;5-6,9,11-12,16,20H,3-4,7-8,10H2,1-2H3;1H4/t12?,17-,19-;11?,16-,18-;/m00./s1. The van der Waals surface area contributed by atoms with Crippen molar-refractivity contribution in [3.63, 3.8) is 0 Å². The van der Waals surface area contributed by atoms with Gasteiger partial charge in [-0.2, -0.15) is 0 Å². The van der Waals surface area contributed by atoms with Gasteiger partial charge in [0.2, 0.25) is 0 Å². The van der Waals surface area contributed by atoms with E-state index in [-0.39, 0.29) is 41.9 Å². The number of ketones is 2. The second kappa shape index (κ2) is 11.3. The molecule has 6 heteroatoms. The first-order valence-corrected chi connectivity index (χ1v) is 16.6. The lowest BCUT2D eigenvalue weighted by molar-refractivity contribution is 0.0263. The van der Waals surface area contributed by atoms with Crippen LogP contribution in [0.1, 0.15) is 105 Å². The van der Waals surface area contributed by atoms with Crippen LogP contribution in [0.2, 0.25) is 0 Å². The van der Waals surface area contributed by atoms with Crippen molar-refractivity contribution >= 4 is 11.6 Å². The molecule has 6 atom stereocenters. The molecule has 238 valence electrons. The van der Waals surface area contributed by atoms with Gasteiger partial charge in [-0.1, -0.05) is 35.1 Å². The molecule has 2 aromatic rings. The number of aromatic hydroxyl groups is 1. The fraction of sp³-hybridized carbons (Fsp3) is 0.632. The molecule has 6 aliphatic rings. The number of likely N-dealkylation sites (tertiary alicyclic amines) is 2. The molecule has 2 unspecified atom stereocenters. The monoisotopic (exact) mass is 600 g/mol. The van der Waals surface area contributed by atoms with Crippen LogP contribution in [0.25, 0.3) is 0 Å². The van der Waals surface area contributed by atoms with Gasteiger partial charge in [0.15, 0.2) is 11.6 Å². The molecule has 4 aliphatic carbocycles. The number of phenolic OH excluding ortho intramolecular Hbond substituents is 1. The number of hydrogen-bond acceptors (Lipinski definition) is 6. The zero-order valence-corrected chi connectivity index (χ0v) is 26.6. The Hall–Kier alpha value is -2.70. The summed E-state index contributed by atoms with van der Waals surface area (Å²) in [6.45, 7) is 13.3. The largest absolute Gasteiger partial charge is 0.508 e. The van der Waals surface area contributed by atoms with Crippen LogP contribution in [0.5, 0.6) is 11.5 Å². The highest BCUT2D eigenvalue weighted by Gasteiger charge is 2.54. The van der Waals surface area contributed by atoms with Gasteiger partial charge in [-0.25, -0.2) is 0 Å². The van der Waals surface area contributed by atoms with E-state index in [4.69, 9.17) is 4.74 Å². The van der Waals surface area contributed by atoms with Crippen molar-refractivity contribution in [2.45, 2.75) is 96.6 Å². The van der Waals surface area contributed by atoms with E-state index in [1.165, 1.54) is 31.2 Å². The number of rotatable bonds is 5. The Bertz CT molecular complexity index is 1450. The molecule has 8 rings (SSSR count). The maximum atomic E-state index is 13.1. The Balaban J connectivity index is 0.000000153. The molecule has 2 aliphatic heterocycles. The summed E-state index contributed by atoms with van der Waals surface area (Å²) in [6, 6.07) is 11.4. The second-order valence-electron chi connectivity index (χ2n) is 15.0. The summed E-state index contributed by atoms with van der Waals surface area (Å²) < 4.78 is 5.39. The summed E-state index contributed by atoms with van der Waals surface area (Å²) >= 11 is 0. The lowest BCUT2D eigenvalue weighted by Crippen LogP contribution is -2.61. The molecule has 6 nitrogen and oxygen atoms in total. The number of ether oxygens (including phenoxy) is 1. The quantitative estimate of drug-likeness (QED) is 0.404. The Morgan fingerprint density at radius 2 is 1.23 bits per heavy atom. The maximum absolute atomic E-state index is 13.1. The van der Waals surface area contributed by atoms with Gasteiger partial charge in [-0.3, -0.25) is 19.4 Å². The molecule has 2 saturated carbocycles. The van der Waals surface area contributed by atoms with E-state index in [2.05, 4.69) is 43.6 Å².